The van der Waals surface area contributed by atoms with Crippen molar-refractivity contribution in [2.75, 3.05) is 6.54 Å². The van der Waals surface area contributed by atoms with E-state index in [0.29, 0.717) is 24.7 Å². The predicted molar refractivity (Wildman–Crippen MR) is 89.1 cm³/mol. The number of amides is 1. The molecule has 132 valence electrons. The first-order valence-electron chi connectivity index (χ1n) is 8.28. The van der Waals surface area contributed by atoms with Crippen molar-refractivity contribution < 1.29 is 18.1 Å². The van der Waals surface area contributed by atoms with Gasteiger partial charge in [-0.15, -0.1) is 0 Å². The molecule has 0 N–H and O–H groups in total. The maximum absolute atomic E-state index is 14.0. The molecule has 7 heteroatoms. The molecule has 3 aromatic rings. The van der Waals surface area contributed by atoms with Gasteiger partial charge in [0, 0.05) is 12.1 Å². The number of hydrogen-bond donors (Lipinski definition) is 0. The summed E-state index contributed by atoms with van der Waals surface area (Å²) in [5, 5.41) is 3.97. The molecule has 26 heavy (non-hydrogen) atoms. The average molecular weight is 355 g/mol. The molecule has 1 fully saturated rings. The topological polar surface area (TPSA) is 59.2 Å². The molecule has 1 unspecified atom stereocenters. The van der Waals surface area contributed by atoms with Crippen molar-refractivity contribution in [2.45, 2.75) is 18.9 Å². The second-order valence-electron chi connectivity index (χ2n) is 6.10. The second kappa shape index (κ2) is 6.67. The third-order valence-electron chi connectivity index (χ3n) is 4.43. The van der Waals surface area contributed by atoms with E-state index in [1.807, 2.05) is 30.3 Å². The van der Waals surface area contributed by atoms with Crippen LogP contribution < -0.4 is 0 Å². The van der Waals surface area contributed by atoms with Gasteiger partial charge >= 0.3 is 0 Å². The summed E-state index contributed by atoms with van der Waals surface area (Å²) in [6.45, 7) is 0.419. The molecule has 0 spiro atoms. The lowest BCUT2D eigenvalue weighted by molar-refractivity contribution is 0.0704. The molecule has 1 atom stereocenters. The van der Waals surface area contributed by atoms with Crippen LogP contribution in [-0.2, 0) is 0 Å². The molecule has 4 rings (SSSR count). The van der Waals surface area contributed by atoms with Crippen LogP contribution in [0, 0.1) is 11.6 Å². The van der Waals surface area contributed by atoms with Crippen molar-refractivity contribution in [2.24, 2.45) is 0 Å². The summed E-state index contributed by atoms with van der Waals surface area (Å²) in [5.74, 6) is -1.26. The fourth-order valence-corrected chi connectivity index (χ4v) is 3.16. The Morgan fingerprint density at radius 3 is 2.77 bits per heavy atom. The van der Waals surface area contributed by atoms with E-state index >= 15 is 0 Å². The summed E-state index contributed by atoms with van der Waals surface area (Å²) in [6, 6.07) is 11.7. The summed E-state index contributed by atoms with van der Waals surface area (Å²) in [7, 11) is 0. The SMILES string of the molecule is O=C(c1cc(F)ccc1F)N1CCCC1c1nc(-c2ccccc2)no1. The van der Waals surface area contributed by atoms with Crippen LogP contribution in [-0.4, -0.2) is 27.5 Å². The van der Waals surface area contributed by atoms with Crippen LogP contribution >= 0.6 is 0 Å². The van der Waals surface area contributed by atoms with E-state index < -0.39 is 23.6 Å². The first-order chi connectivity index (χ1) is 12.6. The Hall–Kier alpha value is -3.09. The first kappa shape index (κ1) is 16.4. The maximum Gasteiger partial charge on any atom is 0.257 e. The zero-order chi connectivity index (χ0) is 18.1. The summed E-state index contributed by atoms with van der Waals surface area (Å²) < 4.78 is 32.7. The molecule has 2 aromatic carbocycles. The second-order valence-corrected chi connectivity index (χ2v) is 6.10. The molecule has 1 aromatic heterocycles. The van der Waals surface area contributed by atoms with Crippen LogP contribution in [0.15, 0.2) is 53.1 Å². The number of carbonyl (C=O) groups is 1. The lowest BCUT2D eigenvalue weighted by Gasteiger charge is -2.22. The molecule has 0 saturated carbocycles. The largest absolute Gasteiger partial charge is 0.337 e. The molecular formula is C19H15F2N3O2. The van der Waals surface area contributed by atoms with Crippen LogP contribution in [0.25, 0.3) is 11.4 Å². The Morgan fingerprint density at radius 2 is 1.96 bits per heavy atom. The number of aromatic nitrogens is 2. The van der Waals surface area contributed by atoms with E-state index in [1.54, 1.807) is 0 Å². The molecule has 5 nitrogen and oxygen atoms in total. The van der Waals surface area contributed by atoms with Gasteiger partial charge in [-0.3, -0.25) is 4.79 Å². The van der Waals surface area contributed by atoms with Gasteiger partial charge in [0.25, 0.3) is 5.91 Å². The Bertz CT molecular complexity index is 943. The Balaban J connectivity index is 1.62. The van der Waals surface area contributed by atoms with Gasteiger partial charge in [-0.25, -0.2) is 8.78 Å². The number of nitrogens with zero attached hydrogens (tertiary/aromatic N) is 3. The van der Waals surface area contributed by atoms with Crippen molar-refractivity contribution in [3.8, 4) is 11.4 Å². The highest BCUT2D eigenvalue weighted by atomic mass is 19.1. The minimum Gasteiger partial charge on any atom is -0.337 e. The van der Waals surface area contributed by atoms with Crippen LogP contribution in [0.1, 0.15) is 35.1 Å². The van der Waals surface area contributed by atoms with E-state index in [9.17, 15) is 13.6 Å². The minimum absolute atomic E-state index is 0.292. The van der Waals surface area contributed by atoms with E-state index in [2.05, 4.69) is 10.1 Å². The molecule has 1 saturated heterocycles. The highest BCUT2D eigenvalue weighted by Crippen LogP contribution is 2.33. The van der Waals surface area contributed by atoms with Gasteiger partial charge < -0.3 is 9.42 Å². The zero-order valence-corrected chi connectivity index (χ0v) is 13.7. The van der Waals surface area contributed by atoms with Crippen molar-refractivity contribution in [3.05, 3.63) is 71.6 Å². The van der Waals surface area contributed by atoms with E-state index in [0.717, 1.165) is 30.2 Å². The Kier molecular flexibility index (Phi) is 4.20. The van der Waals surface area contributed by atoms with Crippen LogP contribution in [0.3, 0.4) is 0 Å². The molecule has 2 heterocycles. The number of likely N-dealkylation sites (tertiary alicyclic amines) is 1. The predicted octanol–water partition coefficient (Wildman–Crippen LogP) is 3.99. The smallest absolute Gasteiger partial charge is 0.257 e. The average Bonchev–Trinajstić information content (AvgIpc) is 3.33. The number of hydrogen-bond acceptors (Lipinski definition) is 4. The highest BCUT2D eigenvalue weighted by molar-refractivity contribution is 5.95. The van der Waals surface area contributed by atoms with Crippen molar-refractivity contribution in [3.63, 3.8) is 0 Å². The molecule has 0 aliphatic carbocycles. The zero-order valence-electron chi connectivity index (χ0n) is 13.7. The number of carbonyl (C=O) groups excluding carboxylic acids is 1. The standard InChI is InChI=1S/C19H15F2N3O2/c20-13-8-9-15(21)14(11-13)19(25)24-10-4-7-16(24)18-22-17(23-26-18)12-5-2-1-3-6-12/h1-3,5-6,8-9,11,16H,4,7,10H2. The van der Waals surface area contributed by atoms with E-state index in [-0.39, 0.29) is 5.56 Å². The number of benzene rings is 2. The third kappa shape index (κ3) is 2.96. The van der Waals surface area contributed by atoms with Crippen LogP contribution in [0.4, 0.5) is 8.78 Å². The molecule has 0 bridgehead atoms. The lowest BCUT2D eigenvalue weighted by atomic mass is 10.1. The first-order valence-corrected chi connectivity index (χ1v) is 8.28. The van der Waals surface area contributed by atoms with Gasteiger partial charge in [0.15, 0.2) is 0 Å². The van der Waals surface area contributed by atoms with Crippen LogP contribution in [0.5, 0.6) is 0 Å². The lowest BCUT2D eigenvalue weighted by Crippen LogP contribution is -2.31. The van der Waals surface area contributed by atoms with Gasteiger partial charge in [0.05, 0.1) is 5.56 Å². The van der Waals surface area contributed by atoms with Crippen molar-refractivity contribution in [1.82, 2.24) is 15.0 Å². The normalized spacial score (nSPS) is 16.8. The third-order valence-corrected chi connectivity index (χ3v) is 4.43. The summed E-state index contributed by atoms with van der Waals surface area (Å²) in [6.07, 6.45) is 1.34. The van der Waals surface area contributed by atoms with Gasteiger partial charge in [-0.05, 0) is 31.0 Å². The summed E-state index contributed by atoms with van der Waals surface area (Å²) in [4.78, 5) is 18.6. The molecule has 1 aliphatic heterocycles. The molecular weight excluding hydrogens is 340 g/mol. The fraction of sp³-hybridized carbons (Fsp3) is 0.211. The maximum atomic E-state index is 14.0. The number of halogens is 2. The molecule has 1 aliphatic rings. The Morgan fingerprint density at radius 1 is 1.15 bits per heavy atom. The Labute approximate surface area is 148 Å². The minimum atomic E-state index is -0.752. The summed E-state index contributed by atoms with van der Waals surface area (Å²) in [5.41, 5.74) is 0.509. The van der Waals surface area contributed by atoms with E-state index in [4.69, 9.17) is 4.52 Å². The van der Waals surface area contributed by atoms with Crippen LogP contribution in [0.2, 0.25) is 0 Å². The number of rotatable bonds is 3. The van der Waals surface area contributed by atoms with E-state index in [1.165, 1.54) is 4.90 Å². The van der Waals surface area contributed by atoms with Gasteiger partial charge in [0.1, 0.15) is 17.7 Å². The monoisotopic (exact) mass is 355 g/mol. The van der Waals surface area contributed by atoms with Gasteiger partial charge in [-0.1, -0.05) is 35.5 Å². The van der Waals surface area contributed by atoms with Crippen molar-refractivity contribution in [1.29, 1.82) is 0 Å². The summed E-state index contributed by atoms with van der Waals surface area (Å²) >= 11 is 0. The molecule has 1 amide bonds. The van der Waals surface area contributed by atoms with Gasteiger partial charge in [-0.2, -0.15) is 4.98 Å². The molecule has 0 radical (unpaired) electrons. The quantitative estimate of drug-likeness (QED) is 0.713. The highest BCUT2D eigenvalue weighted by Gasteiger charge is 2.35. The fourth-order valence-electron chi connectivity index (χ4n) is 3.16. The van der Waals surface area contributed by atoms with Gasteiger partial charge in [0.2, 0.25) is 11.7 Å². The van der Waals surface area contributed by atoms with Crippen molar-refractivity contribution >= 4 is 5.91 Å².